The molecular formula is C12H21NO2. The van der Waals surface area contributed by atoms with E-state index in [-0.39, 0.29) is 12.6 Å². The van der Waals surface area contributed by atoms with Gasteiger partial charge in [-0.3, -0.25) is 9.69 Å². The Morgan fingerprint density at radius 1 is 1.20 bits per heavy atom. The molecule has 2 rings (SSSR count). The fourth-order valence-electron chi connectivity index (χ4n) is 2.74. The lowest BCUT2D eigenvalue weighted by Gasteiger charge is -2.42. The summed E-state index contributed by atoms with van der Waals surface area (Å²) in [6.07, 6.45) is 7.70. The predicted octanol–water partition coefficient (Wildman–Crippen LogP) is 1.34. The van der Waals surface area contributed by atoms with Gasteiger partial charge in [0.1, 0.15) is 5.78 Å². The zero-order valence-corrected chi connectivity index (χ0v) is 9.32. The van der Waals surface area contributed by atoms with E-state index in [9.17, 15) is 4.79 Å². The Morgan fingerprint density at radius 3 is 2.53 bits per heavy atom. The van der Waals surface area contributed by atoms with Crippen LogP contribution in [0.5, 0.6) is 0 Å². The first-order valence-electron chi connectivity index (χ1n) is 6.22. The predicted molar refractivity (Wildman–Crippen MR) is 58.7 cm³/mol. The lowest BCUT2D eigenvalue weighted by molar-refractivity contribution is -0.128. The monoisotopic (exact) mass is 211 g/mol. The fourth-order valence-corrected chi connectivity index (χ4v) is 2.74. The second-order valence-corrected chi connectivity index (χ2v) is 4.77. The molecule has 0 amide bonds. The van der Waals surface area contributed by atoms with Crippen molar-refractivity contribution in [3.63, 3.8) is 0 Å². The molecule has 3 nitrogen and oxygen atoms in total. The van der Waals surface area contributed by atoms with Crippen molar-refractivity contribution in [3.8, 4) is 0 Å². The van der Waals surface area contributed by atoms with Crippen LogP contribution < -0.4 is 0 Å². The van der Waals surface area contributed by atoms with Gasteiger partial charge >= 0.3 is 0 Å². The maximum absolute atomic E-state index is 11.8. The molecular weight excluding hydrogens is 190 g/mol. The minimum Gasteiger partial charge on any atom is -0.395 e. The molecule has 1 unspecified atom stereocenters. The molecule has 0 bridgehead atoms. The van der Waals surface area contributed by atoms with Crippen molar-refractivity contribution in [2.24, 2.45) is 0 Å². The summed E-state index contributed by atoms with van der Waals surface area (Å²) >= 11 is 0. The highest BCUT2D eigenvalue weighted by atomic mass is 16.3. The van der Waals surface area contributed by atoms with Gasteiger partial charge in [-0.2, -0.15) is 0 Å². The molecule has 0 aromatic heterocycles. The first kappa shape index (κ1) is 11.1. The van der Waals surface area contributed by atoms with Crippen LogP contribution >= 0.6 is 0 Å². The lowest BCUT2D eigenvalue weighted by Crippen LogP contribution is -2.52. The molecule has 0 radical (unpaired) electrons. The van der Waals surface area contributed by atoms with Crippen molar-refractivity contribution >= 4 is 5.78 Å². The van der Waals surface area contributed by atoms with Gasteiger partial charge in [-0.25, -0.2) is 0 Å². The van der Waals surface area contributed by atoms with Gasteiger partial charge in [0.15, 0.2) is 0 Å². The number of nitrogens with zero attached hydrogens (tertiary/aromatic N) is 1. The third-order valence-electron chi connectivity index (χ3n) is 3.82. The van der Waals surface area contributed by atoms with Crippen LogP contribution in [0.1, 0.15) is 44.9 Å². The first-order chi connectivity index (χ1) is 7.33. The molecule has 1 atom stereocenters. The summed E-state index contributed by atoms with van der Waals surface area (Å²) in [5.74, 6) is 0.404. The summed E-state index contributed by atoms with van der Waals surface area (Å²) < 4.78 is 0. The molecule has 0 spiro atoms. The summed E-state index contributed by atoms with van der Waals surface area (Å²) in [4.78, 5) is 14.1. The van der Waals surface area contributed by atoms with Crippen LogP contribution in [0.15, 0.2) is 0 Å². The topological polar surface area (TPSA) is 40.5 Å². The molecule has 86 valence electrons. The molecule has 0 aromatic rings. The van der Waals surface area contributed by atoms with Gasteiger partial charge in [-0.05, 0) is 25.7 Å². The van der Waals surface area contributed by atoms with Crippen molar-refractivity contribution in [3.05, 3.63) is 0 Å². The smallest absolute Gasteiger partial charge is 0.149 e. The maximum Gasteiger partial charge on any atom is 0.149 e. The summed E-state index contributed by atoms with van der Waals surface area (Å²) in [6.45, 7) is 0.862. The van der Waals surface area contributed by atoms with E-state index in [2.05, 4.69) is 4.90 Å². The van der Waals surface area contributed by atoms with Gasteiger partial charge in [0, 0.05) is 19.0 Å². The third-order valence-corrected chi connectivity index (χ3v) is 3.82. The van der Waals surface area contributed by atoms with Gasteiger partial charge in [-0.1, -0.05) is 12.8 Å². The van der Waals surface area contributed by atoms with Crippen LogP contribution in [0.4, 0.5) is 0 Å². The van der Waals surface area contributed by atoms with Gasteiger partial charge in [0.25, 0.3) is 0 Å². The molecule has 0 heterocycles. The zero-order valence-electron chi connectivity index (χ0n) is 9.32. The molecule has 2 aliphatic rings. The SMILES string of the molecule is O=C1CCCCC1N(CCO)C1CCC1. The van der Waals surface area contributed by atoms with Crippen LogP contribution in [0.25, 0.3) is 0 Å². The number of hydrogen-bond acceptors (Lipinski definition) is 3. The van der Waals surface area contributed by atoms with E-state index < -0.39 is 0 Å². The van der Waals surface area contributed by atoms with Crippen LogP contribution in [0, 0.1) is 0 Å². The molecule has 15 heavy (non-hydrogen) atoms. The van der Waals surface area contributed by atoms with Crippen molar-refractivity contribution in [1.82, 2.24) is 4.90 Å². The van der Waals surface area contributed by atoms with Crippen LogP contribution in [-0.2, 0) is 4.79 Å². The van der Waals surface area contributed by atoms with Gasteiger partial charge < -0.3 is 5.11 Å². The standard InChI is InChI=1S/C12H21NO2/c14-9-8-13(10-4-3-5-10)11-6-1-2-7-12(11)15/h10-11,14H,1-9H2. The quantitative estimate of drug-likeness (QED) is 0.763. The fraction of sp³-hybridized carbons (Fsp3) is 0.917. The third kappa shape index (κ3) is 2.40. The number of ketones is 1. The minimum atomic E-state index is 0.121. The van der Waals surface area contributed by atoms with Crippen molar-refractivity contribution in [1.29, 1.82) is 0 Å². The molecule has 0 saturated heterocycles. The van der Waals surface area contributed by atoms with Gasteiger partial charge in [0.2, 0.25) is 0 Å². The average Bonchev–Trinajstić information content (AvgIpc) is 2.15. The van der Waals surface area contributed by atoms with Gasteiger partial charge in [0.05, 0.1) is 12.6 Å². The highest BCUT2D eigenvalue weighted by molar-refractivity contribution is 5.84. The first-order valence-corrected chi connectivity index (χ1v) is 6.22. The van der Waals surface area contributed by atoms with Crippen molar-refractivity contribution in [2.45, 2.75) is 57.0 Å². The zero-order chi connectivity index (χ0) is 10.7. The van der Waals surface area contributed by atoms with E-state index >= 15 is 0 Å². The number of aliphatic hydroxyl groups excluding tert-OH is 1. The van der Waals surface area contributed by atoms with E-state index in [4.69, 9.17) is 5.11 Å². The Kier molecular flexibility index (Phi) is 3.76. The number of aliphatic hydroxyl groups is 1. The Labute approximate surface area is 91.5 Å². The second kappa shape index (κ2) is 5.08. The Hall–Kier alpha value is -0.410. The van der Waals surface area contributed by atoms with Crippen LogP contribution in [0.3, 0.4) is 0 Å². The number of rotatable bonds is 4. The van der Waals surface area contributed by atoms with Gasteiger partial charge in [-0.15, -0.1) is 0 Å². The van der Waals surface area contributed by atoms with Crippen LogP contribution in [-0.4, -0.2) is 41.0 Å². The lowest BCUT2D eigenvalue weighted by atomic mass is 9.86. The Balaban J connectivity index is 1.98. The number of Topliss-reactive ketones (excluding diaryl/α,β-unsaturated/α-hetero) is 1. The molecule has 2 saturated carbocycles. The number of carbonyl (C=O) groups is 1. The number of hydrogen-bond donors (Lipinski definition) is 1. The summed E-state index contributed by atoms with van der Waals surface area (Å²) in [5, 5.41) is 9.07. The molecule has 3 heteroatoms. The molecule has 0 aliphatic heterocycles. The molecule has 2 aliphatic carbocycles. The van der Waals surface area contributed by atoms with E-state index in [1.54, 1.807) is 0 Å². The van der Waals surface area contributed by atoms with Crippen molar-refractivity contribution in [2.75, 3.05) is 13.2 Å². The largest absolute Gasteiger partial charge is 0.395 e. The average molecular weight is 211 g/mol. The molecule has 2 fully saturated rings. The summed E-state index contributed by atoms with van der Waals surface area (Å²) in [5.41, 5.74) is 0. The van der Waals surface area contributed by atoms with E-state index in [1.165, 1.54) is 25.7 Å². The Morgan fingerprint density at radius 2 is 2.00 bits per heavy atom. The number of carbonyl (C=O) groups excluding carboxylic acids is 1. The summed E-state index contributed by atoms with van der Waals surface area (Å²) in [6, 6.07) is 0.695. The second-order valence-electron chi connectivity index (χ2n) is 4.77. The van der Waals surface area contributed by atoms with E-state index in [0.29, 0.717) is 18.4 Å². The minimum absolute atomic E-state index is 0.121. The molecule has 0 aromatic carbocycles. The Bertz CT molecular complexity index is 226. The normalized spacial score (nSPS) is 28.1. The highest BCUT2D eigenvalue weighted by Crippen LogP contribution is 2.30. The van der Waals surface area contributed by atoms with Crippen molar-refractivity contribution < 1.29 is 9.90 Å². The molecule has 1 N–H and O–H groups in total. The summed E-state index contributed by atoms with van der Waals surface area (Å²) in [7, 11) is 0. The maximum atomic E-state index is 11.8. The van der Waals surface area contributed by atoms with E-state index in [1.807, 2.05) is 0 Å². The van der Waals surface area contributed by atoms with Crippen LogP contribution in [0.2, 0.25) is 0 Å². The van der Waals surface area contributed by atoms with E-state index in [0.717, 1.165) is 19.3 Å². The highest BCUT2D eigenvalue weighted by Gasteiger charge is 2.34.